The zero-order valence-corrected chi connectivity index (χ0v) is 13.1. The number of hydrazone groups is 1. The third-order valence-corrected chi connectivity index (χ3v) is 4.41. The molecule has 1 aliphatic heterocycles. The summed E-state index contributed by atoms with van der Waals surface area (Å²) < 4.78 is 0. The number of rotatable bonds is 2. The predicted octanol–water partition coefficient (Wildman–Crippen LogP) is 4.03. The Morgan fingerprint density at radius 3 is 2.48 bits per heavy atom. The van der Waals surface area contributed by atoms with Gasteiger partial charge in [-0.15, -0.1) is 0 Å². The topological polar surface area (TPSA) is 36.8 Å². The van der Waals surface area contributed by atoms with Crippen LogP contribution >= 0.6 is 23.4 Å². The van der Waals surface area contributed by atoms with Gasteiger partial charge in [-0.2, -0.15) is 5.10 Å². The van der Waals surface area contributed by atoms with Crippen molar-refractivity contribution in [3.63, 3.8) is 0 Å². The molecule has 106 valence electrons. The lowest BCUT2D eigenvalue weighted by Crippen LogP contribution is -2.25. The largest absolute Gasteiger partial charge is 0.265 e. The lowest BCUT2D eigenvalue weighted by atomic mass is 10.0. The average Bonchev–Trinajstić information content (AvgIpc) is 2.55. The zero-order chi connectivity index (χ0) is 14.7. The Kier molecular flexibility index (Phi) is 4.27. The Morgan fingerprint density at radius 1 is 1.10 bits per heavy atom. The molecule has 0 saturated heterocycles. The van der Waals surface area contributed by atoms with E-state index in [1.54, 1.807) is 18.8 Å². The van der Waals surface area contributed by atoms with Crippen molar-refractivity contribution >= 4 is 34.2 Å². The molecular weight excluding hydrogens is 302 g/mol. The van der Waals surface area contributed by atoms with Crippen molar-refractivity contribution in [3.05, 3.63) is 59.1 Å². The summed E-state index contributed by atoms with van der Waals surface area (Å²) in [6.07, 6.45) is 0. The maximum atomic E-state index is 6.03. The highest BCUT2D eigenvalue weighted by molar-refractivity contribution is 8.14. The van der Waals surface area contributed by atoms with E-state index in [1.807, 2.05) is 18.2 Å². The lowest BCUT2D eigenvalue weighted by molar-refractivity contribution is 1.03. The first kappa shape index (κ1) is 14.2. The van der Waals surface area contributed by atoms with Gasteiger partial charge in [0.15, 0.2) is 5.17 Å². The van der Waals surface area contributed by atoms with E-state index < -0.39 is 0 Å². The van der Waals surface area contributed by atoms with Crippen LogP contribution in [0.4, 0.5) is 0 Å². The molecule has 0 atom stereocenters. The molecule has 0 bridgehead atoms. The van der Waals surface area contributed by atoms with Gasteiger partial charge < -0.3 is 0 Å². The maximum absolute atomic E-state index is 6.03. The number of amidine groups is 1. The van der Waals surface area contributed by atoms with Crippen molar-refractivity contribution in [1.82, 2.24) is 5.43 Å². The second kappa shape index (κ2) is 6.33. The SMILES string of the molecule is CN=C1NN=C(c2ccc(-c3cccc(Cl)c3)cc2)CS1. The smallest absolute Gasteiger partial charge is 0.177 e. The second-order valence-corrected chi connectivity index (χ2v) is 5.98. The van der Waals surface area contributed by atoms with E-state index in [0.29, 0.717) is 0 Å². The fourth-order valence-electron chi connectivity index (χ4n) is 2.10. The molecule has 1 N–H and O–H groups in total. The quantitative estimate of drug-likeness (QED) is 0.908. The van der Waals surface area contributed by atoms with Crippen LogP contribution < -0.4 is 5.43 Å². The highest BCUT2D eigenvalue weighted by Crippen LogP contribution is 2.23. The van der Waals surface area contributed by atoms with Crippen molar-refractivity contribution in [1.29, 1.82) is 0 Å². The highest BCUT2D eigenvalue weighted by atomic mass is 35.5. The van der Waals surface area contributed by atoms with Crippen LogP contribution in [-0.2, 0) is 0 Å². The van der Waals surface area contributed by atoms with Gasteiger partial charge in [0, 0.05) is 17.8 Å². The summed E-state index contributed by atoms with van der Waals surface area (Å²) in [7, 11) is 1.76. The molecule has 0 spiro atoms. The van der Waals surface area contributed by atoms with Crippen LogP contribution in [0.5, 0.6) is 0 Å². The Labute approximate surface area is 133 Å². The summed E-state index contributed by atoms with van der Waals surface area (Å²) in [6.45, 7) is 0. The number of hydrogen-bond acceptors (Lipinski definition) is 3. The minimum atomic E-state index is 0.750. The van der Waals surface area contributed by atoms with Gasteiger partial charge in [0.05, 0.1) is 5.71 Å². The standard InChI is InChI=1S/C16H14ClN3S/c1-18-16-20-19-15(10-21-16)12-7-5-11(6-8-12)13-3-2-4-14(17)9-13/h2-9H,10H2,1H3,(H,18,20). The van der Waals surface area contributed by atoms with Gasteiger partial charge in [-0.05, 0) is 28.8 Å². The Hall–Kier alpha value is -1.78. The Balaban J connectivity index is 1.83. The van der Waals surface area contributed by atoms with Gasteiger partial charge in [0.1, 0.15) is 0 Å². The minimum absolute atomic E-state index is 0.750. The summed E-state index contributed by atoms with van der Waals surface area (Å²) in [5.74, 6) is 0.830. The van der Waals surface area contributed by atoms with E-state index in [9.17, 15) is 0 Å². The lowest BCUT2D eigenvalue weighted by Gasteiger charge is -2.14. The number of nitrogens with zero attached hydrogens (tertiary/aromatic N) is 2. The Morgan fingerprint density at radius 2 is 1.86 bits per heavy atom. The molecule has 0 unspecified atom stereocenters. The summed E-state index contributed by atoms with van der Waals surface area (Å²) in [5, 5.41) is 5.97. The van der Waals surface area contributed by atoms with Crippen molar-refractivity contribution in [2.75, 3.05) is 12.8 Å². The molecule has 1 heterocycles. The van der Waals surface area contributed by atoms with E-state index in [1.165, 1.54) is 0 Å². The van der Waals surface area contributed by atoms with Gasteiger partial charge in [-0.25, -0.2) is 0 Å². The van der Waals surface area contributed by atoms with Gasteiger partial charge in [-0.3, -0.25) is 10.4 Å². The highest BCUT2D eigenvalue weighted by Gasteiger charge is 2.12. The van der Waals surface area contributed by atoms with Crippen molar-refractivity contribution < 1.29 is 0 Å². The normalized spacial score (nSPS) is 16.5. The third kappa shape index (κ3) is 3.28. The van der Waals surface area contributed by atoms with E-state index in [0.717, 1.165) is 38.3 Å². The molecule has 0 amide bonds. The zero-order valence-electron chi connectivity index (χ0n) is 11.5. The molecule has 0 radical (unpaired) electrons. The molecule has 2 aromatic rings. The molecule has 5 heteroatoms. The first-order valence-electron chi connectivity index (χ1n) is 6.55. The van der Waals surface area contributed by atoms with Crippen LogP contribution in [0.2, 0.25) is 5.02 Å². The van der Waals surface area contributed by atoms with Crippen LogP contribution in [0.15, 0.2) is 58.6 Å². The molecule has 1 aliphatic rings. The first-order chi connectivity index (χ1) is 10.3. The summed E-state index contributed by atoms with van der Waals surface area (Å²) >= 11 is 7.69. The van der Waals surface area contributed by atoms with Gasteiger partial charge in [0.25, 0.3) is 0 Å². The van der Waals surface area contributed by atoms with Crippen molar-refractivity contribution in [3.8, 4) is 11.1 Å². The third-order valence-electron chi connectivity index (χ3n) is 3.21. The van der Waals surface area contributed by atoms with Crippen LogP contribution in [0.1, 0.15) is 5.56 Å². The summed E-state index contributed by atoms with van der Waals surface area (Å²) in [4.78, 5) is 4.09. The molecular formula is C16H14ClN3S. The monoisotopic (exact) mass is 315 g/mol. The van der Waals surface area contributed by atoms with Crippen LogP contribution in [-0.4, -0.2) is 23.7 Å². The van der Waals surface area contributed by atoms with Gasteiger partial charge in [0.2, 0.25) is 0 Å². The fourth-order valence-corrected chi connectivity index (χ4v) is 3.04. The van der Waals surface area contributed by atoms with Crippen molar-refractivity contribution in [2.45, 2.75) is 0 Å². The van der Waals surface area contributed by atoms with E-state index >= 15 is 0 Å². The number of thioether (sulfide) groups is 1. The molecule has 0 saturated carbocycles. The average molecular weight is 316 g/mol. The van der Waals surface area contributed by atoms with Crippen LogP contribution in [0.25, 0.3) is 11.1 Å². The molecule has 2 aromatic carbocycles. The predicted molar refractivity (Wildman–Crippen MR) is 92.4 cm³/mol. The van der Waals surface area contributed by atoms with Crippen LogP contribution in [0.3, 0.4) is 0 Å². The number of hydrogen-bond donors (Lipinski definition) is 1. The maximum Gasteiger partial charge on any atom is 0.177 e. The fraction of sp³-hybridized carbons (Fsp3) is 0.125. The molecule has 21 heavy (non-hydrogen) atoms. The van der Waals surface area contributed by atoms with Crippen molar-refractivity contribution in [2.24, 2.45) is 10.1 Å². The number of aliphatic imine (C=N–C) groups is 1. The second-order valence-electron chi connectivity index (χ2n) is 4.58. The number of benzene rings is 2. The minimum Gasteiger partial charge on any atom is -0.265 e. The Bertz CT molecular complexity index is 708. The molecule has 3 rings (SSSR count). The van der Waals surface area contributed by atoms with E-state index in [-0.39, 0.29) is 0 Å². The molecule has 0 aromatic heterocycles. The van der Waals surface area contributed by atoms with E-state index in [2.05, 4.69) is 45.9 Å². The number of halogens is 1. The van der Waals surface area contributed by atoms with Gasteiger partial charge in [-0.1, -0.05) is 59.8 Å². The van der Waals surface area contributed by atoms with Crippen LogP contribution in [0, 0.1) is 0 Å². The van der Waals surface area contributed by atoms with E-state index in [4.69, 9.17) is 11.6 Å². The van der Waals surface area contributed by atoms with Gasteiger partial charge >= 0.3 is 0 Å². The molecule has 3 nitrogen and oxygen atoms in total. The summed E-state index contributed by atoms with van der Waals surface area (Å²) in [6, 6.07) is 16.2. The summed E-state index contributed by atoms with van der Waals surface area (Å²) in [5.41, 5.74) is 7.37. The molecule has 0 fully saturated rings. The molecule has 0 aliphatic carbocycles. The first-order valence-corrected chi connectivity index (χ1v) is 7.91. The number of nitrogens with one attached hydrogen (secondary N) is 1.